The average Bonchev–Trinajstić information content (AvgIpc) is 3.18. The van der Waals surface area contributed by atoms with Gasteiger partial charge in [-0.2, -0.15) is 5.26 Å². The molecular weight excluding hydrogens is 358 g/mol. The Bertz CT molecular complexity index is 948. The van der Waals surface area contributed by atoms with Crippen LogP contribution >= 0.6 is 24.0 Å². The fraction of sp³-hybridized carbons (Fsp3) is 0.238. The average molecular weight is 378 g/mol. The molecule has 1 aromatic carbocycles. The largest absolute Gasteiger partial charge is 0.372 e. The summed E-state index contributed by atoms with van der Waals surface area (Å²) in [4.78, 5) is 9.50. The van der Waals surface area contributed by atoms with E-state index in [1.165, 1.54) is 35.4 Å². The molecule has 3 nitrogen and oxygen atoms in total. The second kappa shape index (κ2) is 7.53. The van der Waals surface area contributed by atoms with Crippen molar-refractivity contribution in [3.05, 3.63) is 54.4 Å². The van der Waals surface area contributed by atoms with E-state index in [1.807, 2.05) is 0 Å². The molecule has 130 valence electrons. The van der Waals surface area contributed by atoms with Crippen LogP contribution in [-0.4, -0.2) is 18.1 Å². The Hall–Kier alpha value is -2.29. The Labute approximate surface area is 163 Å². The molecule has 0 aliphatic carbocycles. The zero-order valence-corrected chi connectivity index (χ0v) is 16.1. The van der Waals surface area contributed by atoms with Gasteiger partial charge >= 0.3 is 0 Å². The molecule has 2 aromatic heterocycles. The summed E-state index contributed by atoms with van der Waals surface area (Å²) in [6.07, 6.45) is 7.21. The molecule has 5 heteroatoms. The molecule has 1 aliphatic heterocycles. The topological polar surface area (TPSA) is 39.9 Å². The number of aromatic nitrogens is 1. The summed E-state index contributed by atoms with van der Waals surface area (Å²) >= 11 is 6.17. The predicted octanol–water partition coefficient (Wildman–Crippen LogP) is 5.63. The molecule has 0 amide bonds. The van der Waals surface area contributed by atoms with Gasteiger partial charge in [-0.1, -0.05) is 12.1 Å². The second-order valence-corrected chi connectivity index (χ2v) is 8.02. The fourth-order valence-corrected chi connectivity index (χ4v) is 4.88. The molecule has 0 saturated carbocycles. The van der Waals surface area contributed by atoms with Crippen LogP contribution in [0.4, 0.5) is 5.69 Å². The van der Waals surface area contributed by atoms with E-state index in [0.717, 1.165) is 28.4 Å². The van der Waals surface area contributed by atoms with Gasteiger partial charge in [0.2, 0.25) is 0 Å². The van der Waals surface area contributed by atoms with Gasteiger partial charge in [-0.25, -0.2) is 0 Å². The van der Waals surface area contributed by atoms with Gasteiger partial charge in [0.1, 0.15) is 6.07 Å². The lowest BCUT2D eigenvalue weighted by atomic mass is 10.1. The highest BCUT2D eigenvalue weighted by atomic mass is 32.1. The van der Waals surface area contributed by atoms with Crippen molar-refractivity contribution in [1.82, 2.24) is 4.98 Å². The van der Waals surface area contributed by atoms with Crippen LogP contribution in [0, 0.1) is 11.3 Å². The first kappa shape index (κ1) is 17.1. The maximum Gasteiger partial charge on any atom is 0.101 e. The number of anilines is 1. The Morgan fingerprint density at radius 1 is 0.962 bits per heavy atom. The number of hydrogen-bond donors (Lipinski definition) is 1. The number of rotatable bonds is 3. The van der Waals surface area contributed by atoms with E-state index in [0.29, 0.717) is 5.56 Å². The van der Waals surface area contributed by atoms with E-state index in [4.69, 9.17) is 0 Å². The minimum Gasteiger partial charge on any atom is -0.372 e. The lowest BCUT2D eigenvalue weighted by molar-refractivity contribution is 0.578. The number of thiophene rings is 1. The van der Waals surface area contributed by atoms with Gasteiger partial charge in [0.05, 0.1) is 5.56 Å². The molecule has 1 fully saturated rings. The molecule has 0 radical (unpaired) electrons. The van der Waals surface area contributed by atoms with E-state index < -0.39 is 0 Å². The van der Waals surface area contributed by atoms with Crippen molar-refractivity contribution in [1.29, 1.82) is 5.26 Å². The molecule has 1 saturated heterocycles. The standard InChI is InChI=1S/C21H19N3S2/c22-12-16-13-23-14-18(25)21(16)20-9-8-19(26-20)15-4-6-17(7-5-15)24-10-2-1-3-11-24/h4-9,13-14,25H,1-3,10-11H2. The Morgan fingerprint density at radius 2 is 1.69 bits per heavy atom. The van der Waals surface area contributed by atoms with E-state index in [9.17, 15) is 5.26 Å². The van der Waals surface area contributed by atoms with Crippen LogP contribution < -0.4 is 4.90 Å². The number of hydrogen-bond acceptors (Lipinski definition) is 5. The number of nitriles is 1. The highest BCUT2D eigenvalue weighted by Crippen LogP contribution is 2.38. The van der Waals surface area contributed by atoms with Crippen LogP contribution in [0.5, 0.6) is 0 Å². The molecule has 0 spiro atoms. The maximum absolute atomic E-state index is 9.36. The number of pyridine rings is 1. The molecule has 3 heterocycles. The quantitative estimate of drug-likeness (QED) is 0.602. The minimum absolute atomic E-state index is 0.561. The van der Waals surface area contributed by atoms with Crippen LogP contribution in [0.2, 0.25) is 0 Å². The third-order valence-electron chi connectivity index (χ3n) is 4.77. The van der Waals surface area contributed by atoms with E-state index in [1.54, 1.807) is 23.7 Å². The van der Waals surface area contributed by atoms with Crippen molar-refractivity contribution in [2.45, 2.75) is 24.2 Å². The molecule has 26 heavy (non-hydrogen) atoms. The molecular formula is C21H19N3S2. The molecule has 1 aliphatic rings. The molecule has 4 rings (SSSR count). The molecule has 0 N–H and O–H groups in total. The summed E-state index contributed by atoms with van der Waals surface area (Å²) in [6, 6.07) is 15.2. The summed E-state index contributed by atoms with van der Waals surface area (Å²) in [5, 5.41) is 9.36. The number of piperidine rings is 1. The number of thiol groups is 1. The van der Waals surface area contributed by atoms with Gasteiger partial charge < -0.3 is 4.90 Å². The molecule has 3 aromatic rings. The maximum atomic E-state index is 9.36. The zero-order valence-electron chi connectivity index (χ0n) is 14.4. The van der Waals surface area contributed by atoms with Gasteiger partial charge in [-0.15, -0.1) is 24.0 Å². The van der Waals surface area contributed by atoms with Gasteiger partial charge in [0.15, 0.2) is 0 Å². The van der Waals surface area contributed by atoms with Crippen LogP contribution in [0.25, 0.3) is 20.9 Å². The lowest BCUT2D eigenvalue weighted by Crippen LogP contribution is -2.29. The minimum atomic E-state index is 0.561. The van der Waals surface area contributed by atoms with Gasteiger partial charge in [0.25, 0.3) is 0 Å². The van der Waals surface area contributed by atoms with Crippen molar-refractivity contribution < 1.29 is 0 Å². The SMILES string of the molecule is N#Cc1cncc(S)c1-c1ccc(-c2ccc(N3CCCCC3)cc2)s1. The highest BCUT2D eigenvalue weighted by molar-refractivity contribution is 7.80. The van der Waals surface area contributed by atoms with Crippen molar-refractivity contribution in [3.8, 4) is 27.0 Å². The first-order valence-corrected chi connectivity index (χ1v) is 10.1. The first-order valence-electron chi connectivity index (χ1n) is 8.79. The first-order chi connectivity index (χ1) is 12.8. The highest BCUT2D eigenvalue weighted by Gasteiger charge is 2.14. The molecule has 0 bridgehead atoms. The van der Waals surface area contributed by atoms with Gasteiger partial charge in [-0.3, -0.25) is 4.98 Å². The van der Waals surface area contributed by atoms with E-state index >= 15 is 0 Å². The van der Waals surface area contributed by atoms with Crippen LogP contribution in [0.15, 0.2) is 53.7 Å². The van der Waals surface area contributed by atoms with Gasteiger partial charge in [-0.05, 0) is 49.1 Å². The van der Waals surface area contributed by atoms with Crippen LogP contribution in [0.1, 0.15) is 24.8 Å². The third-order valence-corrected chi connectivity index (χ3v) is 6.26. The lowest BCUT2D eigenvalue weighted by Gasteiger charge is -2.28. The Kier molecular flexibility index (Phi) is 4.96. The summed E-state index contributed by atoms with van der Waals surface area (Å²) in [7, 11) is 0. The zero-order chi connectivity index (χ0) is 17.9. The molecule has 0 atom stereocenters. The normalized spacial score (nSPS) is 14.2. The fourth-order valence-electron chi connectivity index (χ4n) is 3.41. The van der Waals surface area contributed by atoms with Crippen molar-refractivity contribution in [3.63, 3.8) is 0 Å². The van der Waals surface area contributed by atoms with E-state index in [2.05, 4.69) is 65.0 Å². The summed E-state index contributed by atoms with van der Waals surface area (Å²) in [5.41, 5.74) is 3.94. The Balaban J connectivity index is 1.62. The van der Waals surface area contributed by atoms with Crippen LogP contribution in [-0.2, 0) is 0 Å². The van der Waals surface area contributed by atoms with Crippen molar-refractivity contribution >= 4 is 29.7 Å². The van der Waals surface area contributed by atoms with Crippen molar-refractivity contribution in [2.75, 3.05) is 18.0 Å². The summed E-state index contributed by atoms with van der Waals surface area (Å²) in [5.74, 6) is 0. The van der Waals surface area contributed by atoms with E-state index in [-0.39, 0.29) is 0 Å². The summed E-state index contributed by atoms with van der Waals surface area (Å²) < 4.78 is 0. The molecule has 0 unspecified atom stereocenters. The third kappa shape index (κ3) is 3.35. The number of benzene rings is 1. The smallest absolute Gasteiger partial charge is 0.101 e. The second-order valence-electron chi connectivity index (χ2n) is 6.45. The monoisotopic (exact) mass is 377 g/mol. The van der Waals surface area contributed by atoms with Crippen LogP contribution in [0.3, 0.4) is 0 Å². The van der Waals surface area contributed by atoms with Gasteiger partial charge in [0, 0.05) is 51.4 Å². The summed E-state index contributed by atoms with van der Waals surface area (Å²) in [6.45, 7) is 2.32. The number of nitrogens with zero attached hydrogens (tertiary/aromatic N) is 3. The Morgan fingerprint density at radius 3 is 2.42 bits per heavy atom. The van der Waals surface area contributed by atoms with Crippen molar-refractivity contribution in [2.24, 2.45) is 0 Å². The predicted molar refractivity (Wildman–Crippen MR) is 111 cm³/mol.